The van der Waals surface area contributed by atoms with Crippen molar-refractivity contribution in [3.8, 4) is 21.7 Å². The number of carbonyl (C=O) groups excluding carboxylic acids is 1. The largest absolute Gasteiger partial charge is 0.477 e. The van der Waals surface area contributed by atoms with Crippen LogP contribution in [-0.4, -0.2) is 49.4 Å². The fourth-order valence-corrected chi connectivity index (χ4v) is 6.00. The number of nitrogens with one attached hydrogen (secondary N) is 2. The molecule has 0 bridgehead atoms. The first-order valence-electron chi connectivity index (χ1n) is 13.2. The van der Waals surface area contributed by atoms with E-state index in [4.69, 9.17) is 0 Å². The maximum absolute atomic E-state index is 13.4. The number of anilines is 1. The van der Waals surface area contributed by atoms with Gasteiger partial charge in [-0.3, -0.25) is 10.1 Å². The van der Waals surface area contributed by atoms with E-state index >= 15 is 0 Å². The molecule has 1 aromatic carbocycles. The second-order valence-corrected chi connectivity index (χ2v) is 10.7. The number of urea groups is 1. The summed E-state index contributed by atoms with van der Waals surface area (Å²) in [6.07, 6.45) is 0.00674. The molecule has 10 nitrogen and oxygen atoms in total. The Morgan fingerprint density at radius 2 is 1.93 bits per heavy atom. The summed E-state index contributed by atoms with van der Waals surface area (Å²) in [6, 6.07) is 5.12. The van der Waals surface area contributed by atoms with Crippen LogP contribution >= 0.6 is 11.3 Å². The van der Waals surface area contributed by atoms with Gasteiger partial charge in [0, 0.05) is 40.8 Å². The Balaban J connectivity index is 1.69. The summed E-state index contributed by atoms with van der Waals surface area (Å²) < 4.78 is 41.8. The summed E-state index contributed by atoms with van der Waals surface area (Å²) >= 11 is 0.752. The molecule has 1 aliphatic carbocycles. The summed E-state index contributed by atoms with van der Waals surface area (Å²) in [5, 5.41) is 26.5. The lowest BCUT2D eigenvalue weighted by Crippen LogP contribution is -2.30. The average molecular weight is 602 g/mol. The number of aliphatic hydroxyl groups excluding tert-OH is 1. The van der Waals surface area contributed by atoms with Crippen LogP contribution in [0.1, 0.15) is 54.7 Å². The number of carboxylic acid groups (broad SMARTS) is 1. The molecule has 1 saturated carbocycles. The average Bonchev–Trinajstić information content (AvgIpc) is 3.45. The van der Waals surface area contributed by atoms with E-state index in [0.717, 1.165) is 29.6 Å². The van der Waals surface area contributed by atoms with Crippen LogP contribution < -0.4 is 16.1 Å². The van der Waals surface area contributed by atoms with Crippen LogP contribution in [0.15, 0.2) is 46.8 Å². The first-order valence-corrected chi connectivity index (χ1v) is 14.0. The fraction of sp³-hybridized carbons (Fsp3) is 0.321. The lowest BCUT2D eigenvalue weighted by Gasteiger charge is -2.31. The van der Waals surface area contributed by atoms with Crippen LogP contribution in [-0.2, 0) is 6.18 Å². The van der Waals surface area contributed by atoms with Gasteiger partial charge in [-0.15, -0.1) is 11.3 Å². The maximum atomic E-state index is 13.4. The van der Waals surface area contributed by atoms with E-state index in [2.05, 4.69) is 20.6 Å². The van der Waals surface area contributed by atoms with Gasteiger partial charge in [-0.1, -0.05) is 18.9 Å². The number of aromatic nitrogens is 3. The third kappa shape index (κ3) is 5.72. The minimum absolute atomic E-state index is 0.000738. The fourth-order valence-electron chi connectivity index (χ4n) is 5.15. The Labute approximate surface area is 240 Å². The molecular weight excluding hydrogens is 575 g/mol. The van der Waals surface area contributed by atoms with Gasteiger partial charge in [-0.05, 0) is 43.5 Å². The molecule has 0 saturated heterocycles. The molecule has 4 N–H and O–H groups in total. The molecule has 2 atom stereocenters. The van der Waals surface area contributed by atoms with Crippen LogP contribution in [0, 0.1) is 0 Å². The van der Waals surface area contributed by atoms with Crippen molar-refractivity contribution >= 4 is 40.1 Å². The molecular formula is C28H26F3N5O5S. The molecule has 3 aromatic heterocycles. The number of nitrogens with zero attached hydrogens (tertiary/aromatic N) is 3. The lowest BCUT2D eigenvalue weighted by atomic mass is 9.91. The minimum Gasteiger partial charge on any atom is -0.477 e. The highest BCUT2D eigenvalue weighted by Gasteiger charge is 2.34. The first-order chi connectivity index (χ1) is 20.0. The number of halogens is 3. The molecule has 14 heteroatoms. The van der Waals surface area contributed by atoms with E-state index in [1.807, 2.05) is 0 Å². The first kappa shape index (κ1) is 29.2. The van der Waals surface area contributed by atoms with Gasteiger partial charge in [0.1, 0.15) is 16.4 Å². The Morgan fingerprint density at radius 1 is 1.17 bits per heavy atom. The molecule has 1 aliphatic rings. The van der Waals surface area contributed by atoms with Gasteiger partial charge >= 0.3 is 18.2 Å². The SMILES string of the molecule is CCNC(=O)Nc1cc(-c2nc(C(F)(F)F)cs2)c(-c2ccc3c(c2)c(=O)c(C(=O)O)cn3[C@H]2CCCC[C@H]2O)cn1. The van der Waals surface area contributed by atoms with Gasteiger partial charge in [0.05, 0.1) is 17.7 Å². The number of aliphatic hydroxyl groups is 1. The van der Waals surface area contributed by atoms with Gasteiger partial charge in [0.15, 0.2) is 5.69 Å². The van der Waals surface area contributed by atoms with E-state index in [9.17, 15) is 37.8 Å². The molecule has 0 radical (unpaired) electrons. The number of hydrogen-bond acceptors (Lipinski definition) is 7. The predicted molar refractivity (Wildman–Crippen MR) is 151 cm³/mol. The zero-order valence-corrected chi connectivity index (χ0v) is 23.1. The summed E-state index contributed by atoms with van der Waals surface area (Å²) in [6.45, 7) is 2.05. The quantitative estimate of drug-likeness (QED) is 0.228. The Kier molecular flexibility index (Phi) is 8.01. The van der Waals surface area contributed by atoms with Crippen molar-refractivity contribution in [2.75, 3.05) is 11.9 Å². The molecule has 5 rings (SSSR count). The zero-order valence-electron chi connectivity index (χ0n) is 22.2. The molecule has 1 fully saturated rings. The number of benzene rings is 1. The number of carbonyl (C=O) groups is 2. The van der Waals surface area contributed by atoms with E-state index in [1.165, 1.54) is 24.5 Å². The highest BCUT2D eigenvalue weighted by atomic mass is 32.1. The molecule has 0 unspecified atom stereocenters. The van der Waals surface area contributed by atoms with Crippen molar-refractivity contribution in [3.63, 3.8) is 0 Å². The van der Waals surface area contributed by atoms with Crippen molar-refractivity contribution in [1.29, 1.82) is 0 Å². The van der Waals surface area contributed by atoms with Crippen molar-refractivity contribution < 1.29 is 33.0 Å². The van der Waals surface area contributed by atoms with E-state index in [-0.39, 0.29) is 21.8 Å². The van der Waals surface area contributed by atoms with Crippen LogP contribution in [0.3, 0.4) is 0 Å². The molecule has 220 valence electrons. The topological polar surface area (TPSA) is 146 Å². The molecule has 42 heavy (non-hydrogen) atoms. The highest BCUT2D eigenvalue weighted by molar-refractivity contribution is 7.13. The zero-order chi connectivity index (χ0) is 30.2. The molecule has 2 amide bonds. The third-order valence-corrected chi connectivity index (χ3v) is 8.01. The number of rotatable bonds is 6. The number of pyridine rings is 2. The van der Waals surface area contributed by atoms with Gasteiger partial charge < -0.3 is 20.1 Å². The second kappa shape index (κ2) is 11.5. The summed E-state index contributed by atoms with van der Waals surface area (Å²) in [4.78, 5) is 45.4. The molecule has 0 spiro atoms. The van der Waals surface area contributed by atoms with Crippen molar-refractivity contribution in [2.45, 2.75) is 50.9 Å². The van der Waals surface area contributed by atoms with Gasteiger partial charge in [0.25, 0.3) is 0 Å². The van der Waals surface area contributed by atoms with Gasteiger partial charge in [-0.2, -0.15) is 13.2 Å². The monoisotopic (exact) mass is 601 g/mol. The highest BCUT2D eigenvalue weighted by Crippen LogP contribution is 2.39. The summed E-state index contributed by atoms with van der Waals surface area (Å²) in [7, 11) is 0. The number of amides is 2. The second-order valence-electron chi connectivity index (χ2n) is 9.87. The summed E-state index contributed by atoms with van der Waals surface area (Å²) in [5.41, 5.74) is -0.974. The minimum atomic E-state index is -4.67. The van der Waals surface area contributed by atoms with Crippen LogP contribution in [0.25, 0.3) is 32.6 Å². The molecule has 3 heterocycles. The van der Waals surface area contributed by atoms with E-state index in [1.54, 1.807) is 23.6 Å². The predicted octanol–water partition coefficient (Wildman–Crippen LogP) is 5.52. The Hall–Kier alpha value is -4.30. The molecule has 4 aromatic rings. The number of carboxylic acids is 1. The Morgan fingerprint density at radius 3 is 2.60 bits per heavy atom. The van der Waals surface area contributed by atoms with E-state index < -0.39 is 47.0 Å². The molecule has 0 aliphatic heterocycles. The van der Waals surface area contributed by atoms with E-state index in [0.29, 0.717) is 36.0 Å². The van der Waals surface area contributed by atoms with Crippen molar-refractivity contribution in [3.05, 3.63) is 63.5 Å². The third-order valence-electron chi connectivity index (χ3n) is 7.13. The smallest absolute Gasteiger partial charge is 0.434 e. The van der Waals surface area contributed by atoms with Gasteiger partial charge in [-0.25, -0.2) is 19.6 Å². The van der Waals surface area contributed by atoms with Crippen LogP contribution in [0.2, 0.25) is 0 Å². The maximum Gasteiger partial charge on any atom is 0.434 e. The Bertz CT molecular complexity index is 1740. The number of aromatic carboxylic acids is 1. The number of alkyl halides is 3. The van der Waals surface area contributed by atoms with Crippen molar-refractivity contribution in [2.24, 2.45) is 0 Å². The number of hydrogen-bond donors (Lipinski definition) is 4. The summed E-state index contributed by atoms with van der Waals surface area (Å²) in [5.74, 6) is -1.36. The van der Waals surface area contributed by atoms with Crippen LogP contribution in [0.5, 0.6) is 0 Å². The number of thiazole rings is 1. The van der Waals surface area contributed by atoms with Crippen molar-refractivity contribution in [1.82, 2.24) is 19.9 Å². The number of fused-ring (bicyclic) bond motifs is 1. The standard InChI is InChI=1S/C28H26F3N5O5S/c1-2-32-27(41)35-23-10-15(25-34-22(13-42-25)28(29,30)31)17(11-33-23)14-7-8-19-16(9-14)24(38)18(26(39)40)12-36(19)20-5-3-4-6-21(20)37/h7-13,20-21,37H,2-6H2,1H3,(H,39,40)(H2,32,33,35,41)/t20-,21+/m0/s1. The lowest BCUT2D eigenvalue weighted by molar-refractivity contribution is -0.140. The normalized spacial score (nSPS) is 17.3. The van der Waals surface area contributed by atoms with Crippen LogP contribution in [0.4, 0.5) is 23.8 Å². The van der Waals surface area contributed by atoms with Gasteiger partial charge in [0.2, 0.25) is 5.43 Å².